The maximum absolute atomic E-state index is 11.0. The lowest BCUT2D eigenvalue weighted by atomic mass is 10.2. The van der Waals surface area contributed by atoms with E-state index in [0.29, 0.717) is 105 Å². The summed E-state index contributed by atoms with van der Waals surface area (Å²) in [5.41, 5.74) is 0. The molecule has 1 amide bonds. The average Bonchev–Trinajstić information content (AvgIpc) is 2.84. The Hall–Kier alpha value is -1.18. The molecule has 0 aromatic carbocycles. The fourth-order valence-corrected chi connectivity index (χ4v) is 2.87. The van der Waals surface area contributed by atoms with Crippen molar-refractivity contribution in [1.82, 2.24) is 10.2 Å². The molecule has 0 aliphatic carbocycles. The summed E-state index contributed by atoms with van der Waals surface area (Å²) >= 11 is 0. The number of Topliss-reactive ketones (excluding diaryl/α,β-unsaturated/α-hetero) is 1. The van der Waals surface area contributed by atoms with E-state index < -0.39 is 0 Å². The minimum absolute atomic E-state index is 0.0621. The Kier molecular flexibility index (Phi) is 27.5. The van der Waals surface area contributed by atoms with Crippen LogP contribution in [0.5, 0.6) is 0 Å². The van der Waals surface area contributed by atoms with Crippen molar-refractivity contribution >= 4 is 11.7 Å². The number of hydrogen-bond acceptors (Lipinski definition) is 10. The smallest absolute Gasteiger partial charge is 0.216 e. The number of carbonyl (C=O) groups is 2. The van der Waals surface area contributed by atoms with Gasteiger partial charge in [-0.3, -0.25) is 9.69 Å². The number of carbonyl (C=O) groups excluding carboxylic acids is 2. The van der Waals surface area contributed by atoms with E-state index >= 15 is 0 Å². The Labute approximate surface area is 217 Å². The third kappa shape index (κ3) is 29.1. The van der Waals surface area contributed by atoms with E-state index in [1.165, 1.54) is 6.92 Å². The molecule has 0 bridgehead atoms. The predicted octanol–water partition coefficient (Wildman–Crippen LogP) is 0.930. The second kappa shape index (κ2) is 28.4. The number of rotatable bonds is 29. The van der Waals surface area contributed by atoms with Crippen molar-refractivity contribution in [2.45, 2.75) is 33.6 Å². The minimum Gasteiger partial charge on any atom is -0.380 e. The van der Waals surface area contributed by atoms with Gasteiger partial charge >= 0.3 is 0 Å². The van der Waals surface area contributed by atoms with Crippen LogP contribution < -0.4 is 5.32 Å². The van der Waals surface area contributed by atoms with Gasteiger partial charge < -0.3 is 43.3 Å². The first-order valence-electron chi connectivity index (χ1n) is 13.1. The molecular weight excluding hydrogens is 472 g/mol. The molecule has 1 N–H and O–H groups in total. The number of amides is 1. The van der Waals surface area contributed by atoms with Gasteiger partial charge in [0.15, 0.2) is 0 Å². The van der Waals surface area contributed by atoms with Gasteiger partial charge in [-0.2, -0.15) is 0 Å². The molecule has 0 saturated carbocycles. The Morgan fingerprint density at radius 1 is 0.583 bits per heavy atom. The second-order valence-electron chi connectivity index (χ2n) is 8.00. The van der Waals surface area contributed by atoms with Gasteiger partial charge in [0.25, 0.3) is 0 Å². The Balaban J connectivity index is 3.86. The SMILES string of the molecule is CCOCCOCCOCCOCCN(CCOCCCC(C)=O)CCOCCOCCNC(C)=O. The van der Waals surface area contributed by atoms with Crippen LogP contribution in [-0.4, -0.2) is 135 Å². The molecule has 11 nitrogen and oxygen atoms in total. The van der Waals surface area contributed by atoms with E-state index in [2.05, 4.69) is 10.2 Å². The molecule has 0 saturated heterocycles. The summed E-state index contributed by atoms with van der Waals surface area (Å²) in [6.07, 6.45) is 1.31. The van der Waals surface area contributed by atoms with Gasteiger partial charge in [-0.1, -0.05) is 0 Å². The lowest BCUT2D eigenvalue weighted by Gasteiger charge is -2.22. The molecule has 0 unspecified atom stereocenters. The molecule has 0 aromatic rings. The van der Waals surface area contributed by atoms with Crippen molar-refractivity contribution in [2.24, 2.45) is 0 Å². The maximum atomic E-state index is 11.0. The molecule has 214 valence electrons. The topological polar surface area (TPSA) is 114 Å². The molecule has 11 heteroatoms. The van der Waals surface area contributed by atoms with E-state index in [1.807, 2.05) is 6.92 Å². The van der Waals surface area contributed by atoms with Crippen molar-refractivity contribution in [3.05, 3.63) is 0 Å². The lowest BCUT2D eigenvalue weighted by molar-refractivity contribution is -0.119. The maximum Gasteiger partial charge on any atom is 0.216 e. The van der Waals surface area contributed by atoms with Gasteiger partial charge in [0.1, 0.15) is 5.78 Å². The van der Waals surface area contributed by atoms with Crippen LogP contribution in [0.15, 0.2) is 0 Å². The molecule has 0 aliphatic heterocycles. The summed E-state index contributed by atoms with van der Waals surface area (Å²) in [4.78, 5) is 24.0. The van der Waals surface area contributed by atoms with Crippen LogP contribution in [0, 0.1) is 0 Å². The highest BCUT2D eigenvalue weighted by Crippen LogP contribution is 1.95. The standard InChI is InChI=1S/C25H50N2O9/c1-4-30-16-17-35-22-23-36-21-20-34-15-10-27(8-13-31-11-5-6-24(2)28)9-14-33-19-18-32-12-7-26-25(3)29/h4-23H2,1-3H3,(H,26,29). The molecule has 0 radical (unpaired) electrons. The predicted molar refractivity (Wildman–Crippen MR) is 136 cm³/mol. The van der Waals surface area contributed by atoms with E-state index in [-0.39, 0.29) is 11.7 Å². The monoisotopic (exact) mass is 522 g/mol. The molecule has 0 atom stereocenters. The largest absolute Gasteiger partial charge is 0.380 e. The molecule has 0 fully saturated rings. The fraction of sp³-hybridized carbons (Fsp3) is 0.920. The molecule has 36 heavy (non-hydrogen) atoms. The van der Waals surface area contributed by atoms with E-state index in [9.17, 15) is 9.59 Å². The van der Waals surface area contributed by atoms with Crippen LogP contribution in [-0.2, 0) is 42.7 Å². The molecule has 0 spiro atoms. The molecule has 0 heterocycles. The van der Waals surface area contributed by atoms with Crippen molar-refractivity contribution in [1.29, 1.82) is 0 Å². The van der Waals surface area contributed by atoms with Gasteiger partial charge in [-0.05, 0) is 20.3 Å². The second-order valence-corrected chi connectivity index (χ2v) is 8.00. The van der Waals surface area contributed by atoms with Crippen LogP contribution in [0.2, 0.25) is 0 Å². The highest BCUT2D eigenvalue weighted by atomic mass is 16.6. The summed E-state index contributed by atoms with van der Waals surface area (Å²) in [6, 6.07) is 0. The Bertz CT molecular complexity index is 498. The van der Waals surface area contributed by atoms with Gasteiger partial charge in [0.05, 0.1) is 79.3 Å². The molecular formula is C25H50N2O9. The van der Waals surface area contributed by atoms with Gasteiger partial charge in [0, 0.05) is 52.7 Å². The van der Waals surface area contributed by atoms with Crippen LogP contribution >= 0.6 is 0 Å². The quantitative estimate of drug-likeness (QED) is 0.142. The first-order chi connectivity index (χ1) is 17.6. The number of ketones is 1. The lowest BCUT2D eigenvalue weighted by Crippen LogP contribution is -2.34. The zero-order valence-electron chi connectivity index (χ0n) is 22.8. The third-order valence-corrected chi connectivity index (χ3v) is 4.79. The first kappa shape index (κ1) is 34.8. The van der Waals surface area contributed by atoms with Gasteiger partial charge in [-0.15, -0.1) is 0 Å². The number of hydrogen-bond donors (Lipinski definition) is 1. The van der Waals surface area contributed by atoms with Gasteiger partial charge in [0.2, 0.25) is 5.91 Å². The summed E-state index contributed by atoms with van der Waals surface area (Å²) in [5, 5.41) is 2.68. The summed E-state index contributed by atoms with van der Waals surface area (Å²) in [7, 11) is 0. The number of ether oxygens (including phenoxy) is 7. The van der Waals surface area contributed by atoms with Crippen molar-refractivity contribution in [3.8, 4) is 0 Å². The number of nitrogens with zero attached hydrogens (tertiary/aromatic N) is 1. The van der Waals surface area contributed by atoms with Gasteiger partial charge in [-0.25, -0.2) is 0 Å². The van der Waals surface area contributed by atoms with Crippen molar-refractivity contribution < 1.29 is 42.7 Å². The minimum atomic E-state index is -0.0621. The third-order valence-electron chi connectivity index (χ3n) is 4.79. The van der Waals surface area contributed by atoms with Crippen LogP contribution in [0.4, 0.5) is 0 Å². The number of nitrogens with one attached hydrogen (secondary N) is 1. The van der Waals surface area contributed by atoms with Crippen molar-refractivity contribution in [3.63, 3.8) is 0 Å². The molecule has 0 aliphatic rings. The van der Waals surface area contributed by atoms with Crippen LogP contribution in [0.1, 0.15) is 33.6 Å². The van der Waals surface area contributed by atoms with Crippen LogP contribution in [0.3, 0.4) is 0 Å². The van der Waals surface area contributed by atoms with E-state index in [0.717, 1.165) is 26.1 Å². The average molecular weight is 523 g/mol. The summed E-state index contributed by atoms with van der Waals surface area (Å²) in [5.74, 6) is 0.125. The summed E-state index contributed by atoms with van der Waals surface area (Å²) in [6.45, 7) is 15.6. The fourth-order valence-electron chi connectivity index (χ4n) is 2.87. The normalized spacial score (nSPS) is 11.3. The molecule has 0 aromatic heterocycles. The van der Waals surface area contributed by atoms with E-state index in [4.69, 9.17) is 33.2 Å². The Morgan fingerprint density at radius 2 is 1.00 bits per heavy atom. The first-order valence-corrected chi connectivity index (χ1v) is 13.1. The highest BCUT2D eigenvalue weighted by Gasteiger charge is 2.06. The Morgan fingerprint density at radius 3 is 1.44 bits per heavy atom. The zero-order valence-corrected chi connectivity index (χ0v) is 22.8. The highest BCUT2D eigenvalue weighted by molar-refractivity contribution is 5.75. The zero-order chi connectivity index (χ0) is 26.5. The van der Waals surface area contributed by atoms with Crippen LogP contribution in [0.25, 0.3) is 0 Å². The molecule has 0 rings (SSSR count). The van der Waals surface area contributed by atoms with E-state index in [1.54, 1.807) is 6.92 Å². The van der Waals surface area contributed by atoms with Crippen molar-refractivity contribution in [2.75, 3.05) is 119 Å². The summed E-state index contributed by atoms with van der Waals surface area (Å²) < 4.78 is 38.5.